The standard InChI is InChI=1S/C13H13BrN4O3/c1-2-6-15-12-11(14)13(17-8-16-12)21-10-5-3-4-9(7-10)18(19)20/h3-5,7-8H,2,6H2,1H3,(H,15,16,17). The van der Waals surface area contributed by atoms with Crippen LogP contribution in [0.25, 0.3) is 0 Å². The molecule has 0 spiro atoms. The molecule has 0 fully saturated rings. The van der Waals surface area contributed by atoms with E-state index < -0.39 is 4.92 Å². The van der Waals surface area contributed by atoms with Gasteiger partial charge in [0.05, 0.1) is 11.0 Å². The first kappa shape index (κ1) is 15.2. The first-order valence-electron chi connectivity index (χ1n) is 6.28. The average Bonchev–Trinajstić information content (AvgIpc) is 2.48. The summed E-state index contributed by atoms with van der Waals surface area (Å²) in [4.78, 5) is 18.4. The van der Waals surface area contributed by atoms with Crippen molar-refractivity contribution in [1.29, 1.82) is 0 Å². The van der Waals surface area contributed by atoms with E-state index in [1.54, 1.807) is 12.1 Å². The van der Waals surface area contributed by atoms with E-state index in [0.29, 0.717) is 21.9 Å². The van der Waals surface area contributed by atoms with Crippen LogP contribution in [0.4, 0.5) is 11.5 Å². The summed E-state index contributed by atoms with van der Waals surface area (Å²) < 4.78 is 6.15. The molecule has 0 radical (unpaired) electrons. The maximum atomic E-state index is 10.7. The van der Waals surface area contributed by atoms with Crippen LogP contribution < -0.4 is 10.1 Å². The summed E-state index contributed by atoms with van der Waals surface area (Å²) in [6.45, 7) is 2.81. The number of hydrogen-bond donors (Lipinski definition) is 1. The third-order valence-electron chi connectivity index (χ3n) is 2.54. The van der Waals surface area contributed by atoms with Crippen molar-refractivity contribution in [2.75, 3.05) is 11.9 Å². The van der Waals surface area contributed by atoms with Crippen molar-refractivity contribution in [1.82, 2.24) is 9.97 Å². The zero-order chi connectivity index (χ0) is 15.2. The monoisotopic (exact) mass is 352 g/mol. The van der Waals surface area contributed by atoms with E-state index in [4.69, 9.17) is 4.74 Å². The van der Waals surface area contributed by atoms with E-state index in [9.17, 15) is 10.1 Å². The lowest BCUT2D eigenvalue weighted by Gasteiger charge is -2.10. The number of benzene rings is 1. The summed E-state index contributed by atoms with van der Waals surface area (Å²) in [5, 5.41) is 13.9. The van der Waals surface area contributed by atoms with Crippen molar-refractivity contribution in [2.45, 2.75) is 13.3 Å². The molecule has 0 aliphatic rings. The number of aromatic nitrogens is 2. The molecule has 0 bridgehead atoms. The van der Waals surface area contributed by atoms with Gasteiger partial charge in [0, 0.05) is 12.6 Å². The quantitative estimate of drug-likeness (QED) is 0.628. The van der Waals surface area contributed by atoms with Gasteiger partial charge in [-0.05, 0) is 28.4 Å². The van der Waals surface area contributed by atoms with E-state index in [2.05, 4.69) is 31.2 Å². The molecule has 0 aliphatic heterocycles. The zero-order valence-electron chi connectivity index (χ0n) is 11.2. The third-order valence-corrected chi connectivity index (χ3v) is 3.26. The fourth-order valence-corrected chi connectivity index (χ4v) is 1.99. The Balaban J connectivity index is 2.23. The Kier molecular flexibility index (Phi) is 5.04. The zero-order valence-corrected chi connectivity index (χ0v) is 12.8. The minimum atomic E-state index is -0.476. The lowest BCUT2D eigenvalue weighted by atomic mass is 10.3. The van der Waals surface area contributed by atoms with Gasteiger partial charge in [0.15, 0.2) is 0 Å². The van der Waals surface area contributed by atoms with Crippen molar-refractivity contribution >= 4 is 27.4 Å². The van der Waals surface area contributed by atoms with Crippen LogP contribution in [0.15, 0.2) is 35.1 Å². The third kappa shape index (κ3) is 3.88. The number of halogens is 1. The van der Waals surface area contributed by atoms with Crippen LogP contribution in [-0.2, 0) is 0 Å². The number of rotatable bonds is 6. The molecule has 0 saturated carbocycles. The highest BCUT2D eigenvalue weighted by Gasteiger charge is 2.12. The van der Waals surface area contributed by atoms with Crippen molar-refractivity contribution in [3.05, 3.63) is 45.2 Å². The van der Waals surface area contributed by atoms with Gasteiger partial charge in [-0.3, -0.25) is 10.1 Å². The highest BCUT2D eigenvalue weighted by molar-refractivity contribution is 9.10. The van der Waals surface area contributed by atoms with Crippen LogP contribution in [0.1, 0.15) is 13.3 Å². The van der Waals surface area contributed by atoms with E-state index in [0.717, 1.165) is 13.0 Å². The Morgan fingerprint density at radius 2 is 2.24 bits per heavy atom. The van der Waals surface area contributed by atoms with E-state index >= 15 is 0 Å². The molecule has 0 unspecified atom stereocenters. The minimum absolute atomic E-state index is 0.0398. The van der Waals surface area contributed by atoms with E-state index in [1.165, 1.54) is 18.5 Å². The molecule has 0 atom stereocenters. The normalized spacial score (nSPS) is 10.2. The number of non-ortho nitro benzene ring substituents is 1. The van der Waals surface area contributed by atoms with Crippen molar-refractivity contribution < 1.29 is 9.66 Å². The number of hydrogen-bond acceptors (Lipinski definition) is 6. The first-order chi connectivity index (χ1) is 10.1. The Labute approximate surface area is 129 Å². The summed E-state index contributed by atoms with van der Waals surface area (Å²) in [6, 6.07) is 5.92. The van der Waals surface area contributed by atoms with Gasteiger partial charge < -0.3 is 10.1 Å². The number of nitro groups is 1. The number of ether oxygens (including phenoxy) is 1. The Morgan fingerprint density at radius 3 is 2.95 bits per heavy atom. The smallest absolute Gasteiger partial charge is 0.273 e. The molecule has 0 aliphatic carbocycles. The topological polar surface area (TPSA) is 90.2 Å². The van der Waals surface area contributed by atoms with Gasteiger partial charge in [0.25, 0.3) is 5.69 Å². The van der Waals surface area contributed by atoms with Crippen LogP contribution in [0.5, 0.6) is 11.6 Å². The van der Waals surface area contributed by atoms with Gasteiger partial charge in [-0.2, -0.15) is 0 Å². The van der Waals surface area contributed by atoms with Gasteiger partial charge >= 0.3 is 0 Å². The molecule has 0 saturated heterocycles. The summed E-state index contributed by atoms with van der Waals surface area (Å²) in [6.07, 6.45) is 2.33. The number of nitrogens with zero attached hydrogens (tertiary/aromatic N) is 3. The summed E-state index contributed by atoms with van der Waals surface area (Å²) in [5.41, 5.74) is -0.0398. The van der Waals surface area contributed by atoms with E-state index in [-0.39, 0.29) is 5.69 Å². The molecule has 1 heterocycles. The Morgan fingerprint density at radius 1 is 1.43 bits per heavy atom. The molecule has 1 aromatic carbocycles. The largest absolute Gasteiger partial charge is 0.437 e. The SMILES string of the molecule is CCCNc1ncnc(Oc2cccc([N+](=O)[O-])c2)c1Br. The molecule has 110 valence electrons. The molecule has 2 aromatic rings. The highest BCUT2D eigenvalue weighted by atomic mass is 79.9. The van der Waals surface area contributed by atoms with Gasteiger partial charge in [-0.15, -0.1) is 0 Å². The van der Waals surface area contributed by atoms with Crippen molar-refractivity contribution in [3.8, 4) is 11.6 Å². The summed E-state index contributed by atoms with van der Waals surface area (Å²) in [5.74, 6) is 1.25. The van der Waals surface area contributed by atoms with Crippen LogP contribution >= 0.6 is 15.9 Å². The maximum absolute atomic E-state index is 10.7. The number of nitrogens with one attached hydrogen (secondary N) is 1. The molecule has 2 rings (SSSR count). The van der Waals surface area contributed by atoms with Gasteiger partial charge in [-0.25, -0.2) is 9.97 Å². The maximum Gasteiger partial charge on any atom is 0.273 e. The van der Waals surface area contributed by atoms with Gasteiger partial charge in [-0.1, -0.05) is 13.0 Å². The first-order valence-corrected chi connectivity index (χ1v) is 7.07. The van der Waals surface area contributed by atoms with Crippen LogP contribution in [0.2, 0.25) is 0 Å². The lowest BCUT2D eigenvalue weighted by molar-refractivity contribution is -0.384. The molecular weight excluding hydrogens is 340 g/mol. The average molecular weight is 353 g/mol. The van der Waals surface area contributed by atoms with Crippen LogP contribution in [0.3, 0.4) is 0 Å². The van der Waals surface area contributed by atoms with Crippen LogP contribution in [0, 0.1) is 10.1 Å². The summed E-state index contributed by atoms with van der Waals surface area (Å²) in [7, 11) is 0. The van der Waals surface area contributed by atoms with Crippen LogP contribution in [-0.4, -0.2) is 21.4 Å². The molecule has 1 aromatic heterocycles. The predicted molar refractivity (Wildman–Crippen MR) is 81.7 cm³/mol. The Hall–Kier alpha value is -2.22. The second-order valence-electron chi connectivity index (χ2n) is 4.12. The Bertz CT molecular complexity index is 651. The van der Waals surface area contributed by atoms with Crippen molar-refractivity contribution in [2.24, 2.45) is 0 Å². The molecule has 1 N–H and O–H groups in total. The molecule has 21 heavy (non-hydrogen) atoms. The second-order valence-corrected chi connectivity index (χ2v) is 4.92. The molecule has 7 nitrogen and oxygen atoms in total. The molecule has 8 heteroatoms. The van der Waals surface area contributed by atoms with Gasteiger partial charge in [0.1, 0.15) is 22.4 Å². The fraction of sp³-hybridized carbons (Fsp3) is 0.231. The summed E-state index contributed by atoms with van der Waals surface area (Å²) >= 11 is 3.37. The minimum Gasteiger partial charge on any atom is -0.437 e. The molecule has 0 amide bonds. The van der Waals surface area contributed by atoms with Gasteiger partial charge in [0.2, 0.25) is 5.88 Å². The molecular formula is C13H13BrN4O3. The van der Waals surface area contributed by atoms with Crippen molar-refractivity contribution in [3.63, 3.8) is 0 Å². The number of nitro benzene ring substituents is 1. The lowest BCUT2D eigenvalue weighted by Crippen LogP contribution is -2.04. The predicted octanol–water partition coefficient (Wildman–Crippen LogP) is 3.76. The van der Waals surface area contributed by atoms with E-state index in [1.807, 2.05) is 6.92 Å². The highest BCUT2D eigenvalue weighted by Crippen LogP contribution is 2.32. The number of anilines is 1. The fourth-order valence-electron chi connectivity index (χ4n) is 1.56. The second kappa shape index (κ2) is 6.98.